The molecule has 2 saturated heterocycles. The zero-order chi connectivity index (χ0) is 31.4. The third kappa shape index (κ3) is 3.94. The number of imide groups is 2. The summed E-state index contributed by atoms with van der Waals surface area (Å²) >= 11 is 20.2. The summed E-state index contributed by atoms with van der Waals surface area (Å²) in [4.78, 5) is 55.0. The Morgan fingerprint density at radius 3 is 2.42 bits per heavy atom. The molecule has 6 unspecified atom stereocenters. The first-order valence-corrected chi connectivity index (χ1v) is 14.2. The Morgan fingerprint density at radius 2 is 1.79 bits per heavy atom. The molecular weight excluding hydrogens is 640 g/mol. The highest BCUT2D eigenvalue weighted by atomic mass is 35.5. The fourth-order valence-corrected chi connectivity index (χ4v) is 8.11. The van der Waals surface area contributed by atoms with Gasteiger partial charge in [-0.05, 0) is 43.0 Å². The predicted molar refractivity (Wildman–Crippen MR) is 145 cm³/mol. The number of likely N-dealkylation sites (tertiary alicyclic amines) is 1. The first-order chi connectivity index (χ1) is 20.1. The average Bonchev–Trinajstić information content (AvgIpc) is 3.56. The third-order valence-electron chi connectivity index (χ3n) is 8.84. The van der Waals surface area contributed by atoms with Crippen LogP contribution in [-0.2, 0) is 32.0 Å². The van der Waals surface area contributed by atoms with Crippen LogP contribution < -0.4 is 5.01 Å². The van der Waals surface area contributed by atoms with Gasteiger partial charge in [0.1, 0.15) is 23.8 Å². The van der Waals surface area contributed by atoms with E-state index < -0.39 is 81.3 Å². The van der Waals surface area contributed by atoms with E-state index in [-0.39, 0.29) is 29.4 Å². The number of pyridine rings is 1. The molecule has 4 amide bonds. The lowest BCUT2D eigenvalue weighted by Crippen LogP contribution is -2.60. The zero-order valence-corrected chi connectivity index (χ0v) is 24.6. The van der Waals surface area contributed by atoms with Gasteiger partial charge in [-0.25, -0.2) is 4.98 Å². The lowest BCUT2D eigenvalue weighted by Gasteiger charge is -2.49. The molecule has 0 spiro atoms. The van der Waals surface area contributed by atoms with E-state index >= 15 is 0 Å². The monoisotopic (exact) mass is 660 g/mol. The molecule has 1 saturated carbocycles. The summed E-state index contributed by atoms with van der Waals surface area (Å²) in [6, 6.07) is 4.61. The van der Waals surface area contributed by atoms with Gasteiger partial charge in [0.25, 0.3) is 23.6 Å². The molecule has 6 rings (SSSR count). The first kappa shape index (κ1) is 29.9. The molecule has 6 atom stereocenters. The second-order valence-corrected chi connectivity index (χ2v) is 12.6. The minimum atomic E-state index is -4.81. The molecule has 2 aliphatic carbocycles. The van der Waals surface area contributed by atoms with Crippen LogP contribution in [0.15, 0.2) is 40.3 Å². The number of alkyl halides is 5. The van der Waals surface area contributed by atoms with Gasteiger partial charge >= 0.3 is 6.18 Å². The lowest BCUT2D eigenvalue weighted by molar-refractivity contribution is -0.141. The van der Waals surface area contributed by atoms with Crippen molar-refractivity contribution in [2.24, 2.45) is 17.8 Å². The van der Waals surface area contributed by atoms with E-state index in [1.165, 1.54) is 26.2 Å². The molecule has 1 N–H and O–H groups in total. The number of rotatable bonds is 4. The summed E-state index contributed by atoms with van der Waals surface area (Å²) in [6.07, 6.45) is -3.42. The summed E-state index contributed by atoms with van der Waals surface area (Å²) in [6.45, 7) is -0.464. The van der Waals surface area contributed by atoms with E-state index in [1.54, 1.807) is 6.08 Å². The van der Waals surface area contributed by atoms with E-state index in [0.29, 0.717) is 16.6 Å². The minimum Gasteiger partial charge on any atom is -0.463 e. The predicted octanol–water partition coefficient (Wildman–Crippen LogP) is 3.88. The smallest absolute Gasteiger partial charge is 0.433 e. The normalized spacial score (nSPS) is 32.2. The second-order valence-electron chi connectivity index (χ2n) is 11.0. The summed E-state index contributed by atoms with van der Waals surface area (Å²) in [5.41, 5.74) is -0.824. The SMILES string of the molecule is CN1C(=O)C2(Cl)CC3C(=CCC4C(=O)N(N(C)c5nc(C(F)(F)F)ccc5Cl)C(=O)C43)C(c3ccc(CO)o3)C2(Cl)C1=O. The van der Waals surface area contributed by atoms with Crippen molar-refractivity contribution in [3.8, 4) is 0 Å². The number of halogens is 6. The van der Waals surface area contributed by atoms with Crippen molar-refractivity contribution in [2.75, 3.05) is 19.1 Å². The highest BCUT2D eigenvalue weighted by molar-refractivity contribution is 6.53. The summed E-state index contributed by atoms with van der Waals surface area (Å²) < 4.78 is 46.0. The summed E-state index contributed by atoms with van der Waals surface area (Å²) in [5, 5.41) is 10.9. The first-order valence-electron chi connectivity index (χ1n) is 13.0. The van der Waals surface area contributed by atoms with Crippen LogP contribution in [-0.4, -0.2) is 67.5 Å². The van der Waals surface area contributed by atoms with Gasteiger partial charge in [-0.3, -0.25) is 29.1 Å². The van der Waals surface area contributed by atoms with E-state index in [0.717, 1.165) is 16.0 Å². The highest BCUT2D eigenvalue weighted by Crippen LogP contribution is 2.65. The number of allylic oxidation sites excluding steroid dienone is 2. The Hall–Kier alpha value is -3.13. The number of hydrogen-bond donors (Lipinski definition) is 1. The molecule has 2 aliphatic heterocycles. The zero-order valence-electron chi connectivity index (χ0n) is 22.4. The van der Waals surface area contributed by atoms with Crippen molar-refractivity contribution in [1.29, 1.82) is 0 Å². The number of hydrogen-bond acceptors (Lipinski definition) is 8. The van der Waals surface area contributed by atoms with Crippen molar-refractivity contribution in [3.05, 3.63) is 58.2 Å². The van der Waals surface area contributed by atoms with E-state index in [9.17, 15) is 37.5 Å². The third-order valence-corrected chi connectivity index (χ3v) is 10.5. The fourth-order valence-electron chi connectivity index (χ4n) is 6.88. The Balaban J connectivity index is 1.44. The van der Waals surface area contributed by atoms with Crippen LogP contribution in [0.5, 0.6) is 0 Å². The Labute approximate surface area is 256 Å². The number of furan rings is 1. The van der Waals surface area contributed by atoms with Gasteiger partial charge in [-0.15, -0.1) is 23.2 Å². The van der Waals surface area contributed by atoms with E-state index in [4.69, 9.17) is 39.2 Å². The maximum atomic E-state index is 14.0. The van der Waals surface area contributed by atoms with Gasteiger partial charge in [0.15, 0.2) is 15.6 Å². The molecule has 2 aromatic heterocycles. The van der Waals surface area contributed by atoms with Gasteiger partial charge < -0.3 is 9.52 Å². The van der Waals surface area contributed by atoms with Crippen LogP contribution in [0.2, 0.25) is 5.02 Å². The van der Waals surface area contributed by atoms with Crippen LogP contribution in [0, 0.1) is 17.8 Å². The molecule has 3 fully saturated rings. The number of fused-ring (bicyclic) bond motifs is 4. The summed E-state index contributed by atoms with van der Waals surface area (Å²) in [5.74, 6) is -7.35. The van der Waals surface area contributed by atoms with Crippen LogP contribution in [0.4, 0.5) is 19.0 Å². The van der Waals surface area contributed by atoms with Crippen LogP contribution >= 0.6 is 34.8 Å². The molecule has 16 heteroatoms. The van der Waals surface area contributed by atoms with Crippen molar-refractivity contribution >= 4 is 64.2 Å². The molecule has 0 aromatic carbocycles. The molecule has 2 aromatic rings. The molecule has 4 heterocycles. The van der Waals surface area contributed by atoms with Gasteiger partial charge in [-0.2, -0.15) is 18.2 Å². The van der Waals surface area contributed by atoms with Crippen LogP contribution in [0.3, 0.4) is 0 Å². The Morgan fingerprint density at radius 1 is 1.09 bits per heavy atom. The molecule has 0 radical (unpaired) electrons. The number of aliphatic hydroxyl groups excluding tert-OH is 1. The number of amides is 4. The van der Waals surface area contributed by atoms with Gasteiger partial charge in [-0.1, -0.05) is 23.3 Å². The van der Waals surface area contributed by atoms with E-state index in [1.807, 2.05) is 0 Å². The number of carbonyl (C=O) groups excluding carboxylic acids is 4. The molecule has 4 aliphatic rings. The van der Waals surface area contributed by atoms with Crippen LogP contribution in [0.25, 0.3) is 0 Å². The lowest BCUT2D eigenvalue weighted by atomic mass is 9.57. The Bertz CT molecular complexity index is 1630. The topological polar surface area (TPSA) is 124 Å². The highest BCUT2D eigenvalue weighted by Gasteiger charge is 2.76. The van der Waals surface area contributed by atoms with Crippen molar-refractivity contribution in [1.82, 2.24) is 14.9 Å². The average molecular weight is 662 g/mol. The molecule has 43 heavy (non-hydrogen) atoms. The minimum absolute atomic E-state index is 0.0134. The summed E-state index contributed by atoms with van der Waals surface area (Å²) in [7, 11) is 2.43. The van der Waals surface area contributed by atoms with Crippen LogP contribution in [0.1, 0.15) is 36.0 Å². The second kappa shape index (κ2) is 9.68. The van der Waals surface area contributed by atoms with Crippen molar-refractivity contribution in [3.63, 3.8) is 0 Å². The quantitative estimate of drug-likeness (QED) is 0.298. The van der Waals surface area contributed by atoms with Gasteiger partial charge in [0.2, 0.25) is 0 Å². The number of aliphatic hydroxyl groups is 1. The maximum absolute atomic E-state index is 14.0. The van der Waals surface area contributed by atoms with Crippen molar-refractivity contribution < 1.29 is 41.9 Å². The van der Waals surface area contributed by atoms with E-state index in [2.05, 4.69) is 4.98 Å². The Kier molecular flexibility index (Phi) is 6.74. The number of hydrazine groups is 1. The molecule has 228 valence electrons. The van der Waals surface area contributed by atoms with Gasteiger partial charge in [0, 0.05) is 14.1 Å². The van der Waals surface area contributed by atoms with Gasteiger partial charge in [0.05, 0.1) is 22.8 Å². The standard InChI is InChI=1S/C27H22Cl3F3N4O6/c1-35-23(41)25(29)9-14-12(19(26(25,30)24(35)42)16-7-3-11(10-38)43-16)4-5-13-18(14)22(40)37(21(13)39)36(2)20-15(28)6-8-17(34-20)27(31,32)33/h3-4,6-8,13-14,18-19,38H,5,9-10H2,1-2H3. The maximum Gasteiger partial charge on any atom is 0.433 e. The number of aromatic nitrogens is 1. The number of anilines is 1. The molecule has 10 nitrogen and oxygen atoms in total. The molecule has 0 bridgehead atoms. The fraction of sp³-hybridized carbons (Fsp3) is 0.444. The molecular formula is C27H22Cl3F3N4O6. The number of carbonyl (C=O) groups is 4. The largest absolute Gasteiger partial charge is 0.463 e. The number of nitrogens with zero attached hydrogens (tertiary/aromatic N) is 4. The van der Waals surface area contributed by atoms with Crippen molar-refractivity contribution in [2.45, 2.75) is 41.3 Å².